The van der Waals surface area contributed by atoms with Gasteiger partial charge in [-0.1, -0.05) is 26.0 Å². The summed E-state index contributed by atoms with van der Waals surface area (Å²) in [6, 6.07) is 7.99. The van der Waals surface area contributed by atoms with Gasteiger partial charge in [0.15, 0.2) is 0 Å². The SMILES string of the molecule is CC1CC(C)C(C)N(C(=O)C(C)c2cccc(N)c2)C1. The lowest BCUT2D eigenvalue weighted by Gasteiger charge is -2.42. The average molecular weight is 274 g/mol. The fourth-order valence-corrected chi connectivity index (χ4v) is 3.23. The lowest BCUT2D eigenvalue weighted by atomic mass is 9.85. The standard InChI is InChI=1S/C17H26N2O/c1-11-8-12(2)14(4)19(10-11)17(20)13(3)15-6-5-7-16(18)9-15/h5-7,9,11-14H,8,10,18H2,1-4H3. The number of nitrogen functional groups attached to an aromatic ring is 1. The molecule has 0 radical (unpaired) electrons. The van der Waals surface area contributed by atoms with Crippen molar-refractivity contribution in [1.82, 2.24) is 4.90 Å². The van der Waals surface area contributed by atoms with E-state index in [2.05, 4.69) is 25.7 Å². The zero-order chi connectivity index (χ0) is 14.9. The molecule has 4 atom stereocenters. The van der Waals surface area contributed by atoms with Gasteiger partial charge in [-0.3, -0.25) is 4.79 Å². The molecule has 1 aliphatic heterocycles. The molecule has 1 saturated heterocycles. The van der Waals surface area contributed by atoms with Crippen LogP contribution in [0.4, 0.5) is 5.69 Å². The molecule has 1 aliphatic rings. The number of hydrogen-bond donors (Lipinski definition) is 1. The molecule has 2 N–H and O–H groups in total. The van der Waals surface area contributed by atoms with Gasteiger partial charge in [-0.05, 0) is 49.8 Å². The van der Waals surface area contributed by atoms with Crippen LogP contribution in [0.1, 0.15) is 45.6 Å². The molecule has 0 bridgehead atoms. The number of benzene rings is 1. The lowest BCUT2D eigenvalue weighted by molar-refractivity contribution is -0.138. The first-order valence-electron chi connectivity index (χ1n) is 7.56. The van der Waals surface area contributed by atoms with Crippen LogP contribution in [0, 0.1) is 11.8 Å². The van der Waals surface area contributed by atoms with Crippen LogP contribution in [-0.4, -0.2) is 23.4 Å². The van der Waals surface area contributed by atoms with E-state index in [1.807, 2.05) is 31.2 Å². The number of amides is 1. The summed E-state index contributed by atoms with van der Waals surface area (Å²) in [5.41, 5.74) is 7.55. The Labute approximate surface area is 122 Å². The van der Waals surface area contributed by atoms with E-state index >= 15 is 0 Å². The summed E-state index contributed by atoms with van der Waals surface area (Å²) >= 11 is 0. The maximum Gasteiger partial charge on any atom is 0.230 e. The van der Waals surface area contributed by atoms with Crippen LogP contribution in [0.15, 0.2) is 24.3 Å². The lowest BCUT2D eigenvalue weighted by Crippen LogP contribution is -2.50. The summed E-state index contributed by atoms with van der Waals surface area (Å²) in [6.07, 6.45) is 1.21. The van der Waals surface area contributed by atoms with Gasteiger partial charge in [0.1, 0.15) is 0 Å². The van der Waals surface area contributed by atoms with Crippen molar-refractivity contribution in [3.05, 3.63) is 29.8 Å². The molecule has 3 nitrogen and oxygen atoms in total. The van der Waals surface area contributed by atoms with Gasteiger partial charge >= 0.3 is 0 Å². The smallest absolute Gasteiger partial charge is 0.230 e. The minimum atomic E-state index is -0.126. The van der Waals surface area contributed by atoms with E-state index in [-0.39, 0.29) is 11.8 Å². The van der Waals surface area contributed by atoms with Gasteiger partial charge < -0.3 is 10.6 Å². The molecule has 2 rings (SSSR count). The normalized spacial score (nSPS) is 28.2. The molecular weight excluding hydrogens is 248 g/mol. The van der Waals surface area contributed by atoms with Crippen LogP contribution in [0.5, 0.6) is 0 Å². The molecule has 1 fully saturated rings. The Bertz CT molecular complexity index is 486. The molecule has 0 aliphatic carbocycles. The minimum Gasteiger partial charge on any atom is -0.399 e. The first-order chi connectivity index (χ1) is 9.40. The molecule has 0 saturated carbocycles. The fourth-order valence-electron chi connectivity index (χ4n) is 3.23. The third-order valence-electron chi connectivity index (χ3n) is 4.66. The van der Waals surface area contributed by atoms with Crippen molar-refractivity contribution in [1.29, 1.82) is 0 Å². The van der Waals surface area contributed by atoms with Crippen LogP contribution in [0.3, 0.4) is 0 Å². The molecule has 1 heterocycles. The second kappa shape index (κ2) is 5.86. The number of carbonyl (C=O) groups excluding carboxylic acids is 1. The predicted molar refractivity (Wildman–Crippen MR) is 83.4 cm³/mol. The topological polar surface area (TPSA) is 46.3 Å². The molecule has 1 amide bonds. The highest BCUT2D eigenvalue weighted by Gasteiger charge is 2.34. The van der Waals surface area contributed by atoms with Crippen molar-refractivity contribution in [3.63, 3.8) is 0 Å². The summed E-state index contributed by atoms with van der Waals surface area (Å²) in [5, 5.41) is 0. The number of likely N-dealkylation sites (tertiary alicyclic amines) is 1. The Morgan fingerprint density at radius 2 is 2.05 bits per heavy atom. The average Bonchev–Trinajstić information content (AvgIpc) is 2.41. The van der Waals surface area contributed by atoms with Crippen molar-refractivity contribution in [3.8, 4) is 0 Å². The molecule has 0 aromatic heterocycles. The Morgan fingerprint density at radius 3 is 2.70 bits per heavy atom. The Hall–Kier alpha value is -1.51. The highest BCUT2D eigenvalue weighted by atomic mass is 16.2. The number of carbonyl (C=O) groups is 1. The van der Waals surface area contributed by atoms with E-state index in [9.17, 15) is 4.79 Å². The first-order valence-corrected chi connectivity index (χ1v) is 7.56. The number of rotatable bonds is 2. The summed E-state index contributed by atoms with van der Waals surface area (Å²) in [7, 11) is 0. The van der Waals surface area contributed by atoms with Crippen LogP contribution in [0.2, 0.25) is 0 Å². The van der Waals surface area contributed by atoms with E-state index in [1.54, 1.807) is 0 Å². The fraction of sp³-hybridized carbons (Fsp3) is 0.588. The summed E-state index contributed by atoms with van der Waals surface area (Å²) in [6.45, 7) is 9.49. The van der Waals surface area contributed by atoms with E-state index < -0.39 is 0 Å². The van der Waals surface area contributed by atoms with Crippen molar-refractivity contribution in [2.24, 2.45) is 11.8 Å². The number of nitrogens with two attached hydrogens (primary N) is 1. The molecule has 0 spiro atoms. The maximum atomic E-state index is 12.8. The van der Waals surface area contributed by atoms with Crippen molar-refractivity contribution in [2.75, 3.05) is 12.3 Å². The quantitative estimate of drug-likeness (QED) is 0.841. The number of nitrogens with zero attached hydrogens (tertiary/aromatic N) is 1. The molecule has 110 valence electrons. The number of anilines is 1. The monoisotopic (exact) mass is 274 g/mol. The summed E-state index contributed by atoms with van der Waals surface area (Å²) in [4.78, 5) is 14.9. The predicted octanol–water partition coefficient (Wildman–Crippen LogP) is 3.27. The molecule has 3 heteroatoms. The molecule has 20 heavy (non-hydrogen) atoms. The van der Waals surface area contributed by atoms with E-state index in [4.69, 9.17) is 5.73 Å². The summed E-state index contributed by atoms with van der Waals surface area (Å²) in [5.74, 6) is 1.24. The van der Waals surface area contributed by atoms with Crippen LogP contribution >= 0.6 is 0 Å². The minimum absolute atomic E-state index is 0.126. The maximum absolute atomic E-state index is 12.8. The van der Waals surface area contributed by atoms with Gasteiger partial charge in [-0.25, -0.2) is 0 Å². The number of piperidine rings is 1. The molecule has 1 aromatic rings. The van der Waals surface area contributed by atoms with Crippen LogP contribution in [0.25, 0.3) is 0 Å². The van der Waals surface area contributed by atoms with Gasteiger partial charge in [0, 0.05) is 18.3 Å². The van der Waals surface area contributed by atoms with Crippen molar-refractivity contribution in [2.45, 2.75) is 46.1 Å². The van der Waals surface area contributed by atoms with Crippen LogP contribution in [-0.2, 0) is 4.79 Å². The van der Waals surface area contributed by atoms with Gasteiger partial charge in [-0.2, -0.15) is 0 Å². The van der Waals surface area contributed by atoms with Gasteiger partial charge in [-0.15, -0.1) is 0 Å². The summed E-state index contributed by atoms with van der Waals surface area (Å²) < 4.78 is 0. The second-order valence-electron chi connectivity index (χ2n) is 6.44. The Balaban J connectivity index is 2.17. The third-order valence-corrected chi connectivity index (χ3v) is 4.66. The largest absolute Gasteiger partial charge is 0.399 e. The van der Waals surface area contributed by atoms with Gasteiger partial charge in [0.25, 0.3) is 0 Å². The van der Waals surface area contributed by atoms with Gasteiger partial charge in [0.05, 0.1) is 5.92 Å². The molecule has 4 unspecified atom stereocenters. The second-order valence-corrected chi connectivity index (χ2v) is 6.44. The zero-order valence-electron chi connectivity index (χ0n) is 13.0. The van der Waals surface area contributed by atoms with Crippen molar-refractivity contribution < 1.29 is 4.79 Å². The molecular formula is C17H26N2O. The van der Waals surface area contributed by atoms with E-state index in [1.165, 1.54) is 6.42 Å². The van der Waals surface area contributed by atoms with Gasteiger partial charge in [0.2, 0.25) is 5.91 Å². The highest BCUT2D eigenvalue weighted by Crippen LogP contribution is 2.30. The van der Waals surface area contributed by atoms with Crippen LogP contribution < -0.4 is 5.73 Å². The zero-order valence-corrected chi connectivity index (χ0v) is 13.0. The highest BCUT2D eigenvalue weighted by molar-refractivity contribution is 5.84. The molecule has 1 aromatic carbocycles. The first kappa shape index (κ1) is 14.9. The Morgan fingerprint density at radius 1 is 1.35 bits per heavy atom. The number of hydrogen-bond acceptors (Lipinski definition) is 2. The Kier molecular flexibility index (Phi) is 4.36. The third kappa shape index (κ3) is 2.97. The van der Waals surface area contributed by atoms with E-state index in [0.29, 0.717) is 17.9 Å². The van der Waals surface area contributed by atoms with E-state index in [0.717, 1.165) is 17.8 Å². The van der Waals surface area contributed by atoms with Crippen molar-refractivity contribution >= 4 is 11.6 Å².